The van der Waals surface area contributed by atoms with E-state index in [2.05, 4.69) is 376 Å². The Labute approximate surface area is 569 Å². The highest BCUT2D eigenvalue weighted by atomic mass is 14.3. The van der Waals surface area contributed by atoms with Gasteiger partial charge in [0.2, 0.25) is 0 Å². The molecule has 19 aromatic rings. The highest BCUT2D eigenvalue weighted by Gasteiger charge is 2.24. The van der Waals surface area contributed by atoms with E-state index in [1.54, 1.807) is 0 Å². The standard InChI is InChI=1S/C98H62/c1-3-25-63(26-4-1)69-57-71(79-45-23-51-87-85(81-47-19-33-65-29-7-11-37-75(65)81)53-55-93(97(79)87)83-49-21-35-67-31-9-13-39-77(67)83)61-73(59-69)95-89-41-15-17-43-91(89)96(92-44-18-16-42-90(92)95)74-60-70(64-27-5-2-6-28-64)58-72(62-74)80-46-24-52-88-86(82-48-20-34-66-30-8-12-38-76(66)82)54-56-94(98(80)88)84-50-22-36-68-32-10-14-40-78(68)84/h1-62H. The van der Waals surface area contributed by atoms with Crippen molar-refractivity contribution in [2.45, 2.75) is 0 Å². The van der Waals surface area contributed by atoms with Gasteiger partial charge in [-0.25, -0.2) is 0 Å². The van der Waals surface area contributed by atoms with Crippen molar-refractivity contribution in [2.24, 2.45) is 0 Å². The molecular formula is C98H62. The maximum Gasteiger partial charge on any atom is -0.00204 e. The van der Waals surface area contributed by atoms with Gasteiger partial charge < -0.3 is 0 Å². The molecule has 0 atom stereocenters. The van der Waals surface area contributed by atoms with Crippen LogP contribution in [-0.2, 0) is 0 Å². The molecule has 0 aromatic heterocycles. The zero-order valence-corrected chi connectivity index (χ0v) is 53.8. The molecule has 98 heavy (non-hydrogen) atoms. The van der Waals surface area contributed by atoms with E-state index < -0.39 is 0 Å². The lowest BCUT2D eigenvalue weighted by Crippen LogP contribution is -1.95. The topological polar surface area (TPSA) is 0 Å². The second-order valence-electron chi connectivity index (χ2n) is 26.1. The Morgan fingerprint density at radius 1 is 0.112 bits per heavy atom. The van der Waals surface area contributed by atoms with E-state index in [4.69, 9.17) is 0 Å². The Balaban J connectivity index is 0.869. The first-order chi connectivity index (χ1) is 48.6. The fourth-order valence-electron chi connectivity index (χ4n) is 16.3. The summed E-state index contributed by atoms with van der Waals surface area (Å²) in [4.78, 5) is 0. The minimum Gasteiger partial charge on any atom is -0.0622 e. The minimum atomic E-state index is 1.16. The first kappa shape index (κ1) is 56.8. The molecule has 0 saturated heterocycles. The Bertz CT molecular complexity index is 5940. The molecule has 0 heteroatoms. The molecule has 19 aromatic carbocycles. The monoisotopic (exact) mass is 1240 g/mol. The summed E-state index contributed by atoms with van der Waals surface area (Å²) in [6, 6.07) is 141. The van der Waals surface area contributed by atoms with Crippen molar-refractivity contribution in [1.82, 2.24) is 0 Å². The highest BCUT2D eigenvalue weighted by molar-refractivity contribution is 6.24. The largest absolute Gasteiger partial charge is 0.0622 e. The van der Waals surface area contributed by atoms with Crippen LogP contribution in [0.3, 0.4) is 0 Å². The summed E-state index contributed by atoms with van der Waals surface area (Å²) in [5.74, 6) is 0. The van der Waals surface area contributed by atoms with E-state index in [0.29, 0.717) is 0 Å². The highest BCUT2D eigenvalue weighted by Crippen LogP contribution is 2.51. The van der Waals surface area contributed by atoms with Crippen molar-refractivity contribution in [3.63, 3.8) is 0 Å². The van der Waals surface area contributed by atoms with Gasteiger partial charge in [0.15, 0.2) is 0 Å². The number of hydrogen-bond donors (Lipinski definition) is 0. The van der Waals surface area contributed by atoms with Crippen molar-refractivity contribution in [2.75, 3.05) is 0 Å². The summed E-state index contributed by atoms with van der Waals surface area (Å²) in [5, 5.41) is 19.5. The third kappa shape index (κ3) is 9.52. The zero-order chi connectivity index (χ0) is 64.6. The molecule has 0 nitrogen and oxygen atoms in total. The SMILES string of the molecule is c1ccc(-c2cc(-c3c4ccccc4c(-c4cc(-c5ccccc5)cc(-c5cccc6c(-c7cccc8ccccc78)ccc(-c7cccc8ccccc78)c56)c4)c4ccccc34)cc(-c3cccc4c(-c5cccc6ccccc56)ccc(-c5cccc6ccccc56)c34)c2)cc1. The lowest BCUT2D eigenvalue weighted by molar-refractivity contribution is 1.58. The Hall–Kier alpha value is -12.7. The van der Waals surface area contributed by atoms with Crippen molar-refractivity contribution < 1.29 is 0 Å². The molecule has 0 amide bonds. The smallest absolute Gasteiger partial charge is 0.00204 e. The van der Waals surface area contributed by atoms with E-state index in [9.17, 15) is 0 Å². The summed E-state index contributed by atoms with van der Waals surface area (Å²) >= 11 is 0. The Kier molecular flexibility index (Phi) is 13.7. The second kappa shape index (κ2) is 23.6. The Morgan fingerprint density at radius 3 is 0.684 bits per heavy atom. The van der Waals surface area contributed by atoms with E-state index in [0.717, 1.165) is 33.4 Å². The van der Waals surface area contributed by atoms with E-state index in [1.807, 2.05) is 0 Å². The number of fused-ring (bicyclic) bond motifs is 8. The molecule has 19 rings (SSSR count). The van der Waals surface area contributed by atoms with Crippen LogP contribution in [0.25, 0.3) is 197 Å². The van der Waals surface area contributed by atoms with Crippen molar-refractivity contribution in [3.05, 3.63) is 376 Å². The molecular weight excluding hydrogens is 1180 g/mol. The lowest BCUT2D eigenvalue weighted by atomic mass is 9.81. The first-order valence-corrected chi connectivity index (χ1v) is 34.0. The number of benzene rings is 19. The quantitative estimate of drug-likeness (QED) is 0.120. The molecule has 0 heterocycles. The zero-order valence-electron chi connectivity index (χ0n) is 53.8. The lowest BCUT2D eigenvalue weighted by Gasteiger charge is -2.22. The van der Waals surface area contributed by atoms with Gasteiger partial charge in [0.25, 0.3) is 0 Å². The molecule has 0 aliphatic carbocycles. The third-order valence-corrected chi connectivity index (χ3v) is 20.6. The number of hydrogen-bond acceptors (Lipinski definition) is 0. The average Bonchev–Trinajstić information content (AvgIpc) is 0.655. The van der Waals surface area contributed by atoms with Crippen LogP contribution in [0.4, 0.5) is 0 Å². The van der Waals surface area contributed by atoms with E-state index >= 15 is 0 Å². The minimum absolute atomic E-state index is 1.16. The van der Waals surface area contributed by atoms with Gasteiger partial charge in [-0.3, -0.25) is 0 Å². The van der Waals surface area contributed by atoms with Gasteiger partial charge in [0.1, 0.15) is 0 Å². The summed E-state index contributed by atoms with van der Waals surface area (Å²) in [5.41, 5.74) is 23.8. The van der Waals surface area contributed by atoms with Crippen LogP contribution in [0.5, 0.6) is 0 Å². The summed E-state index contributed by atoms with van der Waals surface area (Å²) in [6.45, 7) is 0. The Morgan fingerprint density at radius 2 is 0.337 bits per heavy atom. The maximum atomic E-state index is 2.49. The molecule has 0 fully saturated rings. The predicted octanol–water partition coefficient (Wildman–Crippen LogP) is 27.6. The average molecular weight is 1240 g/mol. The molecule has 0 spiro atoms. The fraction of sp³-hybridized carbons (Fsp3) is 0. The van der Waals surface area contributed by atoms with Crippen molar-refractivity contribution in [3.8, 4) is 111 Å². The van der Waals surface area contributed by atoms with Gasteiger partial charge in [-0.05, 0) is 234 Å². The van der Waals surface area contributed by atoms with Gasteiger partial charge in [0.05, 0.1) is 0 Å². The van der Waals surface area contributed by atoms with Gasteiger partial charge >= 0.3 is 0 Å². The van der Waals surface area contributed by atoms with Crippen LogP contribution in [0.15, 0.2) is 376 Å². The normalized spacial score (nSPS) is 11.7. The molecule has 0 N–H and O–H groups in total. The molecule has 0 unspecified atom stereocenters. The summed E-state index contributed by atoms with van der Waals surface area (Å²) < 4.78 is 0. The van der Waals surface area contributed by atoms with Crippen LogP contribution in [0, 0.1) is 0 Å². The molecule has 0 bridgehead atoms. The van der Waals surface area contributed by atoms with Crippen LogP contribution in [0.2, 0.25) is 0 Å². The first-order valence-electron chi connectivity index (χ1n) is 34.0. The fourth-order valence-corrected chi connectivity index (χ4v) is 16.3. The van der Waals surface area contributed by atoms with E-state index in [-0.39, 0.29) is 0 Å². The van der Waals surface area contributed by atoms with Crippen LogP contribution in [0.1, 0.15) is 0 Å². The maximum absolute atomic E-state index is 2.49. The predicted molar refractivity (Wildman–Crippen MR) is 421 cm³/mol. The van der Waals surface area contributed by atoms with Crippen molar-refractivity contribution >= 4 is 86.2 Å². The molecule has 454 valence electrons. The second-order valence-corrected chi connectivity index (χ2v) is 26.1. The van der Waals surface area contributed by atoms with Crippen molar-refractivity contribution in [1.29, 1.82) is 0 Å². The molecule has 0 aliphatic rings. The van der Waals surface area contributed by atoms with Gasteiger partial charge in [-0.2, -0.15) is 0 Å². The third-order valence-electron chi connectivity index (χ3n) is 20.6. The number of rotatable bonds is 10. The van der Waals surface area contributed by atoms with E-state index in [1.165, 1.54) is 164 Å². The molecule has 0 saturated carbocycles. The van der Waals surface area contributed by atoms with Gasteiger partial charge in [0, 0.05) is 0 Å². The van der Waals surface area contributed by atoms with Crippen LogP contribution < -0.4 is 0 Å². The molecule has 0 aliphatic heterocycles. The summed E-state index contributed by atoms with van der Waals surface area (Å²) in [7, 11) is 0. The van der Waals surface area contributed by atoms with Crippen LogP contribution in [-0.4, -0.2) is 0 Å². The van der Waals surface area contributed by atoms with Gasteiger partial charge in [-0.1, -0.05) is 340 Å². The van der Waals surface area contributed by atoms with Crippen LogP contribution >= 0.6 is 0 Å². The van der Waals surface area contributed by atoms with Gasteiger partial charge in [-0.15, -0.1) is 0 Å². The molecule has 0 radical (unpaired) electrons. The summed E-state index contributed by atoms with van der Waals surface area (Å²) in [6.07, 6.45) is 0.